The fraction of sp³-hybridized carbons (Fsp3) is 0.258. The van der Waals surface area contributed by atoms with Gasteiger partial charge in [-0.25, -0.2) is 4.57 Å². The van der Waals surface area contributed by atoms with Crippen LogP contribution in [0.1, 0.15) is 37.7 Å². The van der Waals surface area contributed by atoms with Gasteiger partial charge in [0.05, 0.1) is 10.9 Å². The van der Waals surface area contributed by atoms with E-state index in [1.165, 1.54) is 59.4 Å². The summed E-state index contributed by atoms with van der Waals surface area (Å²) in [6, 6.07) is 15.4. The van der Waals surface area contributed by atoms with Crippen LogP contribution in [-0.4, -0.2) is 0 Å². The lowest BCUT2D eigenvalue weighted by Crippen LogP contribution is -2.32. The number of aryl methyl sites for hydroxylation is 3. The average molecular weight is 479 g/mol. The summed E-state index contributed by atoms with van der Waals surface area (Å²) in [5.74, 6) is 2.90. The summed E-state index contributed by atoms with van der Waals surface area (Å²) in [6.07, 6.45) is 3.14. The maximum Gasteiger partial charge on any atom is 0.228 e. The molecule has 3 aromatic carbocycles. The molecule has 0 saturated carbocycles. The van der Waals surface area contributed by atoms with Crippen molar-refractivity contribution in [1.29, 1.82) is 0 Å². The van der Waals surface area contributed by atoms with Crippen LogP contribution < -0.4 is 9.30 Å². The maximum atomic E-state index is 6.96. The summed E-state index contributed by atoms with van der Waals surface area (Å²) in [6.45, 7) is 11.2. The van der Waals surface area contributed by atoms with Crippen molar-refractivity contribution < 1.29 is 13.7 Å². The van der Waals surface area contributed by atoms with Crippen molar-refractivity contribution in [3.63, 3.8) is 0 Å². The van der Waals surface area contributed by atoms with Crippen LogP contribution in [0, 0.1) is 19.3 Å². The topological polar surface area (TPSA) is 26.2 Å². The molecule has 3 nitrogen and oxygen atoms in total. The number of ether oxygens (including phenoxy) is 1. The van der Waals surface area contributed by atoms with Crippen molar-refractivity contribution >= 4 is 53.3 Å². The first-order chi connectivity index (χ1) is 16.7. The number of fused-ring (bicyclic) bond motifs is 7. The lowest BCUT2D eigenvalue weighted by molar-refractivity contribution is -0.659. The van der Waals surface area contributed by atoms with E-state index in [9.17, 15) is 0 Å². The van der Waals surface area contributed by atoms with Crippen LogP contribution in [0.25, 0.3) is 53.2 Å². The summed E-state index contributed by atoms with van der Waals surface area (Å²) < 4.78 is 16.5. The molecule has 0 atom stereocenters. The summed E-state index contributed by atoms with van der Waals surface area (Å²) >= 11 is 1.74. The van der Waals surface area contributed by atoms with Gasteiger partial charge in [-0.15, -0.1) is 0 Å². The van der Waals surface area contributed by atoms with E-state index in [1.54, 1.807) is 11.3 Å². The van der Waals surface area contributed by atoms with Gasteiger partial charge in [0.2, 0.25) is 5.69 Å². The van der Waals surface area contributed by atoms with E-state index in [4.69, 9.17) is 9.15 Å². The minimum Gasteiger partial charge on any atom is -0.455 e. The average Bonchev–Trinajstić information content (AvgIpc) is 3.33. The number of thiophene rings is 1. The molecule has 174 valence electrons. The van der Waals surface area contributed by atoms with Gasteiger partial charge in [-0.3, -0.25) is 0 Å². The molecule has 0 bridgehead atoms. The molecule has 35 heavy (non-hydrogen) atoms. The molecule has 0 spiro atoms. The van der Waals surface area contributed by atoms with E-state index >= 15 is 0 Å². The van der Waals surface area contributed by atoms with Crippen LogP contribution in [0.2, 0.25) is 0 Å². The Bertz CT molecular complexity index is 1860. The number of pyridine rings is 1. The molecule has 0 radical (unpaired) electrons. The van der Waals surface area contributed by atoms with Crippen molar-refractivity contribution in [2.24, 2.45) is 12.5 Å². The normalized spacial score (nSPS) is 13.2. The van der Waals surface area contributed by atoms with Gasteiger partial charge >= 0.3 is 0 Å². The SMILES string of the molecule is Cc1cc2c(o1)sc1c3cc[n+](C)c4c3c(cc21)Oc1c-4c(C)c2ccccc2c1CC(C)(C)C. The third-order valence-corrected chi connectivity index (χ3v) is 8.46. The standard InChI is InChI=1S/C31H28NO2S/c1-16-13-22-21-14-24-26-20(29(21)35-30(22)33-16)11-12-32(6)27(26)25-17(2)18-9-7-8-10-19(18)23(28(25)34-24)15-31(3,4)5/h7-14H,15H2,1-6H3/q+1. The molecule has 1 aliphatic rings. The second-order valence-electron chi connectivity index (χ2n) is 11.2. The third-order valence-electron chi connectivity index (χ3n) is 7.33. The number of hydrogen-bond acceptors (Lipinski definition) is 3. The second-order valence-corrected chi connectivity index (χ2v) is 12.2. The zero-order valence-electron chi connectivity index (χ0n) is 21.0. The van der Waals surface area contributed by atoms with Crippen molar-refractivity contribution in [1.82, 2.24) is 0 Å². The van der Waals surface area contributed by atoms with Crippen LogP contribution in [0.4, 0.5) is 0 Å². The minimum atomic E-state index is 0.126. The molecular formula is C31H28NO2S+. The van der Waals surface area contributed by atoms with Crippen molar-refractivity contribution in [3.8, 4) is 22.8 Å². The predicted octanol–water partition coefficient (Wildman–Crippen LogP) is 8.76. The van der Waals surface area contributed by atoms with Gasteiger partial charge in [-0.1, -0.05) is 56.4 Å². The largest absolute Gasteiger partial charge is 0.455 e. The fourth-order valence-corrected chi connectivity index (χ4v) is 7.10. The number of aromatic nitrogens is 1. The Balaban J connectivity index is 1.67. The Morgan fingerprint density at radius 1 is 0.914 bits per heavy atom. The summed E-state index contributed by atoms with van der Waals surface area (Å²) in [5.41, 5.74) is 5.16. The highest BCUT2D eigenvalue weighted by Crippen LogP contribution is 2.54. The van der Waals surface area contributed by atoms with E-state index in [2.05, 4.69) is 88.0 Å². The van der Waals surface area contributed by atoms with Gasteiger partial charge in [0.25, 0.3) is 0 Å². The van der Waals surface area contributed by atoms with Crippen LogP contribution >= 0.6 is 11.3 Å². The molecule has 6 aromatic rings. The van der Waals surface area contributed by atoms with E-state index in [0.717, 1.165) is 28.6 Å². The van der Waals surface area contributed by atoms with Crippen LogP contribution in [0.3, 0.4) is 0 Å². The van der Waals surface area contributed by atoms with Crippen LogP contribution in [-0.2, 0) is 13.5 Å². The van der Waals surface area contributed by atoms with E-state index < -0.39 is 0 Å². The molecule has 3 aromatic heterocycles. The van der Waals surface area contributed by atoms with Crippen LogP contribution in [0.15, 0.2) is 53.1 Å². The summed E-state index contributed by atoms with van der Waals surface area (Å²) in [4.78, 5) is 0.984. The van der Waals surface area contributed by atoms with E-state index in [-0.39, 0.29) is 5.41 Å². The molecule has 0 amide bonds. The molecule has 4 heteroatoms. The molecule has 0 unspecified atom stereocenters. The first-order valence-electron chi connectivity index (χ1n) is 12.2. The summed E-state index contributed by atoms with van der Waals surface area (Å²) in [7, 11) is 2.15. The van der Waals surface area contributed by atoms with Gasteiger partial charge < -0.3 is 9.15 Å². The maximum absolute atomic E-state index is 6.96. The molecule has 0 saturated heterocycles. The fourth-order valence-electron chi connectivity index (χ4n) is 5.91. The Hall–Kier alpha value is -3.37. The first kappa shape index (κ1) is 21.0. The van der Waals surface area contributed by atoms with Gasteiger partial charge in [0, 0.05) is 32.5 Å². The third kappa shape index (κ3) is 2.86. The lowest BCUT2D eigenvalue weighted by atomic mass is 9.81. The van der Waals surface area contributed by atoms with Crippen molar-refractivity contribution in [2.75, 3.05) is 0 Å². The number of rotatable bonds is 1. The number of furan rings is 1. The van der Waals surface area contributed by atoms with Crippen molar-refractivity contribution in [3.05, 3.63) is 65.5 Å². The highest BCUT2D eigenvalue weighted by atomic mass is 32.1. The molecule has 4 heterocycles. The number of benzene rings is 3. The van der Waals surface area contributed by atoms with Crippen LogP contribution in [0.5, 0.6) is 11.5 Å². The Labute approximate surface area is 208 Å². The molecule has 0 N–H and O–H groups in total. The lowest BCUT2D eigenvalue weighted by Gasteiger charge is -2.28. The Morgan fingerprint density at radius 2 is 1.69 bits per heavy atom. The highest BCUT2D eigenvalue weighted by Gasteiger charge is 2.34. The molecule has 1 aliphatic heterocycles. The smallest absolute Gasteiger partial charge is 0.228 e. The van der Waals surface area contributed by atoms with E-state index in [0.29, 0.717) is 0 Å². The molecule has 0 aliphatic carbocycles. The zero-order chi connectivity index (χ0) is 24.2. The Kier molecular flexibility index (Phi) is 4.10. The van der Waals surface area contributed by atoms with E-state index in [1.807, 2.05) is 6.92 Å². The van der Waals surface area contributed by atoms with Gasteiger partial charge in [-0.2, -0.15) is 0 Å². The minimum absolute atomic E-state index is 0.126. The van der Waals surface area contributed by atoms with Gasteiger partial charge in [0.1, 0.15) is 24.3 Å². The number of nitrogens with zero attached hydrogens (tertiary/aromatic N) is 1. The quantitative estimate of drug-likeness (QED) is 0.220. The molecular weight excluding hydrogens is 450 g/mol. The van der Waals surface area contributed by atoms with Crippen molar-refractivity contribution in [2.45, 2.75) is 41.0 Å². The first-order valence-corrected chi connectivity index (χ1v) is 13.0. The van der Waals surface area contributed by atoms with Gasteiger partial charge in [-0.05, 0) is 54.2 Å². The highest BCUT2D eigenvalue weighted by molar-refractivity contribution is 7.26. The Morgan fingerprint density at radius 3 is 2.46 bits per heavy atom. The summed E-state index contributed by atoms with van der Waals surface area (Å²) in [5, 5.41) is 7.41. The number of hydrogen-bond donors (Lipinski definition) is 0. The molecule has 7 rings (SSSR count). The monoisotopic (exact) mass is 478 g/mol. The second kappa shape index (κ2) is 6.86. The zero-order valence-corrected chi connectivity index (χ0v) is 21.8. The van der Waals surface area contributed by atoms with Gasteiger partial charge in [0.15, 0.2) is 11.1 Å². The predicted molar refractivity (Wildman–Crippen MR) is 146 cm³/mol. The molecule has 0 fully saturated rings.